The van der Waals surface area contributed by atoms with Crippen molar-refractivity contribution < 1.29 is 8.42 Å². The summed E-state index contributed by atoms with van der Waals surface area (Å²) in [6.45, 7) is 2.82. The van der Waals surface area contributed by atoms with Gasteiger partial charge in [0.25, 0.3) is 0 Å². The average Bonchev–Trinajstić information content (AvgIpc) is 1.75. The molecular weight excluding hydrogens is 162 g/mol. The Morgan fingerprint density at radius 1 is 1.45 bits per heavy atom. The molecule has 0 saturated heterocycles. The molecule has 3 nitrogen and oxygen atoms in total. The van der Waals surface area contributed by atoms with E-state index in [0.717, 1.165) is 5.92 Å². The van der Waals surface area contributed by atoms with Gasteiger partial charge in [0, 0.05) is 6.54 Å². The average molecular weight is 177 g/mol. The highest BCUT2D eigenvalue weighted by atomic mass is 32.2. The van der Waals surface area contributed by atoms with Gasteiger partial charge in [0.05, 0.1) is 6.26 Å². The third-order valence-corrected chi connectivity index (χ3v) is 2.80. The molecule has 0 aromatic carbocycles. The van der Waals surface area contributed by atoms with Gasteiger partial charge in [-0.1, -0.05) is 6.92 Å². The van der Waals surface area contributed by atoms with Gasteiger partial charge in [0.2, 0.25) is 10.0 Å². The van der Waals surface area contributed by atoms with Crippen LogP contribution in [0.15, 0.2) is 0 Å². The molecular formula is C7H15NO2S. The lowest BCUT2D eigenvalue weighted by atomic mass is 9.76. The van der Waals surface area contributed by atoms with Crippen LogP contribution in [-0.2, 0) is 10.0 Å². The van der Waals surface area contributed by atoms with Crippen molar-refractivity contribution in [3.63, 3.8) is 0 Å². The summed E-state index contributed by atoms with van der Waals surface area (Å²) in [4.78, 5) is 0. The molecule has 1 fully saturated rings. The van der Waals surface area contributed by atoms with E-state index in [1.54, 1.807) is 0 Å². The van der Waals surface area contributed by atoms with Crippen molar-refractivity contribution >= 4 is 10.0 Å². The Balaban J connectivity index is 2.15. The zero-order chi connectivity index (χ0) is 8.48. The molecule has 1 aliphatic carbocycles. The molecule has 0 radical (unpaired) electrons. The highest BCUT2D eigenvalue weighted by molar-refractivity contribution is 7.88. The van der Waals surface area contributed by atoms with E-state index in [-0.39, 0.29) is 0 Å². The van der Waals surface area contributed by atoms with Crippen LogP contribution < -0.4 is 4.72 Å². The van der Waals surface area contributed by atoms with Gasteiger partial charge in [-0.25, -0.2) is 13.1 Å². The van der Waals surface area contributed by atoms with E-state index >= 15 is 0 Å². The zero-order valence-electron chi connectivity index (χ0n) is 7.00. The van der Waals surface area contributed by atoms with Crippen LogP contribution in [-0.4, -0.2) is 21.2 Å². The van der Waals surface area contributed by atoms with Crippen molar-refractivity contribution in [1.29, 1.82) is 0 Å². The van der Waals surface area contributed by atoms with Crippen LogP contribution >= 0.6 is 0 Å². The molecule has 4 heteroatoms. The third kappa shape index (κ3) is 3.20. The summed E-state index contributed by atoms with van der Waals surface area (Å²) in [5, 5.41) is 0. The Hall–Kier alpha value is -0.0900. The first kappa shape index (κ1) is 9.00. The number of hydrogen-bond donors (Lipinski definition) is 1. The molecule has 0 atom stereocenters. The minimum Gasteiger partial charge on any atom is -0.215 e. The minimum atomic E-state index is -2.96. The Bertz CT molecular complexity index is 217. The van der Waals surface area contributed by atoms with Crippen molar-refractivity contribution in [2.45, 2.75) is 19.8 Å². The zero-order valence-corrected chi connectivity index (χ0v) is 7.82. The number of hydrogen-bond acceptors (Lipinski definition) is 2. The molecule has 1 saturated carbocycles. The summed E-state index contributed by atoms with van der Waals surface area (Å²) in [6, 6.07) is 0. The highest BCUT2D eigenvalue weighted by Gasteiger charge is 2.25. The Labute approximate surface area is 68.2 Å². The number of nitrogens with one attached hydrogen (secondary N) is 1. The SMILES string of the molecule is CC1CC(CNS(C)(=O)=O)C1. The second kappa shape index (κ2) is 3.11. The highest BCUT2D eigenvalue weighted by Crippen LogP contribution is 2.32. The van der Waals surface area contributed by atoms with E-state index in [0.29, 0.717) is 12.5 Å². The largest absolute Gasteiger partial charge is 0.215 e. The molecule has 0 aromatic heterocycles. The molecule has 0 unspecified atom stereocenters. The van der Waals surface area contributed by atoms with Crippen LogP contribution in [0.25, 0.3) is 0 Å². The monoisotopic (exact) mass is 177 g/mol. The normalized spacial score (nSPS) is 31.5. The number of sulfonamides is 1. The quantitative estimate of drug-likeness (QED) is 0.685. The summed E-state index contributed by atoms with van der Waals surface area (Å²) in [7, 11) is -2.96. The van der Waals surface area contributed by atoms with Crippen molar-refractivity contribution in [3.05, 3.63) is 0 Å². The molecule has 0 spiro atoms. The lowest BCUT2D eigenvalue weighted by molar-refractivity contribution is 0.215. The fourth-order valence-corrected chi connectivity index (χ4v) is 2.04. The minimum absolute atomic E-state index is 0.583. The summed E-state index contributed by atoms with van der Waals surface area (Å²) in [5.74, 6) is 1.38. The maximum atomic E-state index is 10.6. The van der Waals surface area contributed by atoms with Gasteiger partial charge in [-0.3, -0.25) is 0 Å². The molecule has 11 heavy (non-hydrogen) atoms. The second-order valence-electron chi connectivity index (χ2n) is 3.56. The van der Waals surface area contributed by atoms with Crippen molar-refractivity contribution in [2.24, 2.45) is 11.8 Å². The molecule has 0 aliphatic heterocycles. The van der Waals surface area contributed by atoms with E-state index in [4.69, 9.17) is 0 Å². The van der Waals surface area contributed by atoms with Crippen LogP contribution in [0.3, 0.4) is 0 Å². The molecule has 1 N–H and O–H groups in total. The summed E-state index contributed by atoms with van der Waals surface area (Å²) < 4.78 is 23.8. The summed E-state index contributed by atoms with van der Waals surface area (Å²) in [5.41, 5.74) is 0. The van der Waals surface area contributed by atoms with Crippen LogP contribution in [0.5, 0.6) is 0 Å². The molecule has 0 amide bonds. The molecule has 66 valence electrons. The Morgan fingerprint density at radius 3 is 2.36 bits per heavy atom. The van der Waals surface area contributed by atoms with Crippen LogP contribution in [0.1, 0.15) is 19.8 Å². The van der Waals surface area contributed by atoms with Gasteiger partial charge in [0.1, 0.15) is 0 Å². The van der Waals surface area contributed by atoms with Gasteiger partial charge >= 0.3 is 0 Å². The van der Waals surface area contributed by atoms with E-state index in [1.165, 1.54) is 19.1 Å². The summed E-state index contributed by atoms with van der Waals surface area (Å²) in [6.07, 6.45) is 3.54. The molecule has 0 bridgehead atoms. The lowest BCUT2D eigenvalue weighted by Crippen LogP contribution is -2.34. The molecule has 1 rings (SSSR count). The number of rotatable bonds is 3. The molecule has 1 aliphatic rings. The van der Waals surface area contributed by atoms with Crippen LogP contribution in [0.2, 0.25) is 0 Å². The van der Waals surface area contributed by atoms with Gasteiger partial charge < -0.3 is 0 Å². The fourth-order valence-electron chi connectivity index (χ4n) is 1.50. The smallest absolute Gasteiger partial charge is 0.208 e. The predicted molar refractivity (Wildman–Crippen MR) is 44.7 cm³/mol. The second-order valence-corrected chi connectivity index (χ2v) is 5.40. The van der Waals surface area contributed by atoms with E-state index in [2.05, 4.69) is 11.6 Å². The van der Waals surface area contributed by atoms with Crippen LogP contribution in [0, 0.1) is 11.8 Å². The van der Waals surface area contributed by atoms with Crippen molar-refractivity contribution in [3.8, 4) is 0 Å². The third-order valence-electron chi connectivity index (χ3n) is 2.11. The van der Waals surface area contributed by atoms with Gasteiger partial charge in [-0.05, 0) is 24.7 Å². The Morgan fingerprint density at radius 2 is 2.00 bits per heavy atom. The molecule has 0 aromatic rings. The molecule has 0 heterocycles. The van der Waals surface area contributed by atoms with Crippen molar-refractivity contribution in [1.82, 2.24) is 4.72 Å². The van der Waals surface area contributed by atoms with E-state index in [9.17, 15) is 8.42 Å². The van der Waals surface area contributed by atoms with Gasteiger partial charge in [-0.2, -0.15) is 0 Å². The fraction of sp³-hybridized carbons (Fsp3) is 1.00. The first-order valence-corrected chi connectivity index (χ1v) is 5.81. The van der Waals surface area contributed by atoms with Crippen LogP contribution in [0.4, 0.5) is 0 Å². The first-order valence-electron chi connectivity index (χ1n) is 3.92. The summed E-state index contributed by atoms with van der Waals surface area (Å²) >= 11 is 0. The first-order chi connectivity index (χ1) is 4.97. The maximum absolute atomic E-state index is 10.6. The standard InChI is InChI=1S/C7H15NO2S/c1-6-3-7(4-6)5-8-11(2,9)10/h6-8H,3-5H2,1-2H3. The topological polar surface area (TPSA) is 46.2 Å². The maximum Gasteiger partial charge on any atom is 0.208 e. The van der Waals surface area contributed by atoms with E-state index < -0.39 is 10.0 Å². The Kier molecular flexibility index (Phi) is 2.54. The lowest BCUT2D eigenvalue weighted by Gasteiger charge is -2.32. The van der Waals surface area contributed by atoms with Gasteiger partial charge in [-0.15, -0.1) is 0 Å². The predicted octanol–water partition coefficient (Wildman–Crippen LogP) is 0.582. The van der Waals surface area contributed by atoms with E-state index in [1.807, 2.05) is 0 Å². The van der Waals surface area contributed by atoms with Gasteiger partial charge in [0.15, 0.2) is 0 Å². The van der Waals surface area contributed by atoms with Crippen molar-refractivity contribution in [2.75, 3.05) is 12.8 Å².